The Bertz CT molecular complexity index is 1050. The van der Waals surface area contributed by atoms with E-state index in [-0.39, 0.29) is 5.91 Å². The summed E-state index contributed by atoms with van der Waals surface area (Å²) in [6.45, 7) is 2.16. The van der Waals surface area contributed by atoms with E-state index in [1.807, 2.05) is 42.6 Å². The Kier molecular flexibility index (Phi) is 4.70. The van der Waals surface area contributed by atoms with Gasteiger partial charge in [-0.3, -0.25) is 4.79 Å². The summed E-state index contributed by atoms with van der Waals surface area (Å²) in [5, 5.41) is 7.13. The summed E-state index contributed by atoms with van der Waals surface area (Å²) in [6.07, 6.45) is 6.77. The van der Waals surface area contributed by atoms with Gasteiger partial charge in [-0.2, -0.15) is 5.10 Å². The number of hydrogen-bond acceptors (Lipinski definition) is 3. The van der Waals surface area contributed by atoms with Gasteiger partial charge in [-0.25, -0.2) is 9.67 Å². The first kappa shape index (κ1) is 17.0. The van der Waals surface area contributed by atoms with Gasteiger partial charge in [0.25, 0.3) is 5.91 Å². The van der Waals surface area contributed by atoms with Gasteiger partial charge in [0, 0.05) is 30.1 Å². The molecule has 1 amide bonds. The van der Waals surface area contributed by atoms with E-state index < -0.39 is 0 Å². The number of amides is 1. The van der Waals surface area contributed by atoms with Crippen LogP contribution in [0.3, 0.4) is 0 Å². The Morgan fingerprint density at radius 3 is 2.78 bits per heavy atom. The second-order valence-electron chi connectivity index (χ2n) is 6.47. The maximum absolute atomic E-state index is 12.5. The van der Waals surface area contributed by atoms with E-state index in [1.165, 1.54) is 0 Å². The first-order valence-corrected chi connectivity index (χ1v) is 9.13. The van der Waals surface area contributed by atoms with Crippen molar-refractivity contribution in [2.75, 3.05) is 5.32 Å². The summed E-state index contributed by atoms with van der Waals surface area (Å²) in [5.41, 5.74) is 4.11. The van der Waals surface area contributed by atoms with E-state index >= 15 is 0 Å². The average molecular weight is 359 g/mol. The smallest absolute Gasteiger partial charge is 0.255 e. The summed E-state index contributed by atoms with van der Waals surface area (Å²) in [5.74, 6) is 0.844. The first-order chi connectivity index (χ1) is 13.2. The van der Waals surface area contributed by atoms with Crippen LogP contribution in [0.25, 0.3) is 16.7 Å². The molecule has 2 heterocycles. The molecule has 4 aromatic rings. The van der Waals surface area contributed by atoms with Crippen molar-refractivity contribution >= 4 is 22.6 Å². The van der Waals surface area contributed by atoms with Crippen molar-refractivity contribution < 1.29 is 4.79 Å². The van der Waals surface area contributed by atoms with E-state index in [2.05, 4.69) is 27.3 Å². The third-order valence-electron chi connectivity index (χ3n) is 4.45. The minimum Gasteiger partial charge on any atom is -0.342 e. The molecule has 0 fully saturated rings. The second-order valence-corrected chi connectivity index (χ2v) is 6.47. The van der Waals surface area contributed by atoms with Crippen LogP contribution in [0.2, 0.25) is 0 Å². The van der Waals surface area contributed by atoms with Crippen molar-refractivity contribution in [3.8, 4) is 5.69 Å². The molecule has 2 aromatic heterocycles. The van der Waals surface area contributed by atoms with Crippen LogP contribution >= 0.6 is 0 Å². The molecule has 27 heavy (non-hydrogen) atoms. The van der Waals surface area contributed by atoms with E-state index in [0.717, 1.165) is 47.5 Å². The number of carbonyl (C=O) groups excluding carboxylic acids is 1. The second kappa shape index (κ2) is 7.45. The maximum atomic E-state index is 12.5. The van der Waals surface area contributed by atoms with E-state index in [1.54, 1.807) is 23.0 Å². The first-order valence-electron chi connectivity index (χ1n) is 9.13. The quantitative estimate of drug-likeness (QED) is 0.537. The molecule has 0 aliphatic heterocycles. The normalized spacial score (nSPS) is 11.0. The Morgan fingerprint density at radius 1 is 1.19 bits per heavy atom. The minimum atomic E-state index is -0.146. The zero-order chi connectivity index (χ0) is 18.6. The monoisotopic (exact) mass is 359 g/mol. The van der Waals surface area contributed by atoms with Gasteiger partial charge in [0.1, 0.15) is 5.82 Å². The van der Waals surface area contributed by atoms with Gasteiger partial charge in [-0.05, 0) is 55.0 Å². The molecule has 0 atom stereocenters. The summed E-state index contributed by atoms with van der Waals surface area (Å²) >= 11 is 0. The molecule has 2 aromatic carbocycles. The number of unbranched alkanes of at least 4 members (excludes halogenated alkanes) is 1. The Labute approximate surface area is 157 Å². The number of anilines is 1. The van der Waals surface area contributed by atoms with E-state index in [0.29, 0.717) is 5.56 Å². The van der Waals surface area contributed by atoms with Gasteiger partial charge in [-0.15, -0.1) is 0 Å². The maximum Gasteiger partial charge on any atom is 0.255 e. The fourth-order valence-corrected chi connectivity index (χ4v) is 2.99. The lowest BCUT2D eigenvalue weighted by molar-refractivity contribution is 0.102. The number of nitrogens with one attached hydrogen (secondary N) is 2. The highest BCUT2D eigenvalue weighted by Crippen LogP contribution is 2.19. The number of rotatable bonds is 6. The van der Waals surface area contributed by atoms with Crippen molar-refractivity contribution in [2.24, 2.45) is 0 Å². The highest BCUT2D eigenvalue weighted by atomic mass is 16.1. The van der Waals surface area contributed by atoms with Crippen LogP contribution < -0.4 is 5.32 Å². The van der Waals surface area contributed by atoms with Gasteiger partial charge in [0.05, 0.1) is 16.7 Å². The Balaban J connectivity index is 1.48. The number of imidazole rings is 1. The minimum absolute atomic E-state index is 0.146. The zero-order valence-corrected chi connectivity index (χ0v) is 15.1. The highest BCUT2D eigenvalue weighted by Gasteiger charge is 2.09. The summed E-state index contributed by atoms with van der Waals surface area (Å²) in [4.78, 5) is 20.5. The highest BCUT2D eigenvalue weighted by molar-refractivity contribution is 6.05. The zero-order valence-electron chi connectivity index (χ0n) is 15.1. The van der Waals surface area contributed by atoms with Crippen LogP contribution in [0.4, 0.5) is 5.69 Å². The van der Waals surface area contributed by atoms with Gasteiger partial charge in [0.15, 0.2) is 0 Å². The number of nitrogens with zero attached hydrogens (tertiary/aromatic N) is 3. The van der Waals surface area contributed by atoms with Crippen molar-refractivity contribution in [3.05, 3.63) is 72.3 Å². The molecule has 2 N–H and O–H groups in total. The van der Waals surface area contributed by atoms with Gasteiger partial charge >= 0.3 is 0 Å². The molecule has 136 valence electrons. The van der Waals surface area contributed by atoms with Crippen LogP contribution in [0.5, 0.6) is 0 Å². The number of benzene rings is 2. The number of hydrogen-bond donors (Lipinski definition) is 2. The molecular weight excluding hydrogens is 338 g/mol. The number of aryl methyl sites for hydroxylation is 1. The van der Waals surface area contributed by atoms with Crippen molar-refractivity contribution in [1.82, 2.24) is 19.7 Å². The van der Waals surface area contributed by atoms with Crippen LogP contribution in [0, 0.1) is 0 Å². The van der Waals surface area contributed by atoms with Crippen molar-refractivity contribution in [2.45, 2.75) is 26.2 Å². The topological polar surface area (TPSA) is 75.6 Å². The van der Waals surface area contributed by atoms with Crippen molar-refractivity contribution in [3.63, 3.8) is 0 Å². The third kappa shape index (κ3) is 3.74. The Morgan fingerprint density at radius 2 is 2.04 bits per heavy atom. The molecular formula is C21H21N5O. The average Bonchev–Trinajstić information content (AvgIpc) is 3.36. The predicted octanol–water partition coefficient (Wildman–Crippen LogP) is 4.34. The molecule has 0 bridgehead atoms. The van der Waals surface area contributed by atoms with Gasteiger partial charge in [-0.1, -0.05) is 13.3 Å². The molecule has 0 unspecified atom stereocenters. The molecule has 0 aliphatic carbocycles. The van der Waals surface area contributed by atoms with E-state index in [9.17, 15) is 4.79 Å². The predicted molar refractivity (Wildman–Crippen MR) is 106 cm³/mol. The molecule has 6 nitrogen and oxygen atoms in total. The van der Waals surface area contributed by atoms with E-state index in [4.69, 9.17) is 0 Å². The standard InChI is InChI=1S/C21H21N5O/c1-2-3-5-20-24-18-11-8-16(14-19(18)25-20)23-21(27)15-6-9-17(10-7-15)26-13-4-12-22-26/h4,6-14H,2-3,5H2,1H3,(H,23,27)(H,24,25). The molecule has 0 saturated carbocycles. The number of fused-ring (bicyclic) bond motifs is 1. The lowest BCUT2D eigenvalue weighted by Crippen LogP contribution is -2.11. The lowest BCUT2D eigenvalue weighted by atomic mass is 10.2. The van der Waals surface area contributed by atoms with Crippen LogP contribution in [-0.2, 0) is 6.42 Å². The molecule has 6 heteroatoms. The van der Waals surface area contributed by atoms with Gasteiger partial charge in [0.2, 0.25) is 0 Å². The number of aromatic amines is 1. The molecule has 4 rings (SSSR count). The largest absolute Gasteiger partial charge is 0.342 e. The summed E-state index contributed by atoms with van der Waals surface area (Å²) in [7, 11) is 0. The summed E-state index contributed by atoms with van der Waals surface area (Å²) < 4.78 is 1.75. The number of aromatic nitrogens is 4. The fraction of sp³-hybridized carbons (Fsp3) is 0.190. The fourth-order valence-electron chi connectivity index (χ4n) is 2.99. The van der Waals surface area contributed by atoms with Crippen LogP contribution in [0.15, 0.2) is 60.9 Å². The lowest BCUT2D eigenvalue weighted by Gasteiger charge is -2.06. The van der Waals surface area contributed by atoms with Gasteiger partial charge < -0.3 is 10.3 Å². The molecule has 0 spiro atoms. The van der Waals surface area contributed by atoms with Crippen LogP contribution in [0.1, 0.15) is 35.9 Å². The Hall–Kier alpha value is -3.41. The SMILES string of the molecule is CCCCc1nc2ccc(NC(=O)c3ccc(-n4cccn4)cc3)cc2[nH]1. The number of carbonyl (C=O) groups is 1. The van der Waals surface area contributed by atoms with Crippen LogP contribution in [-0.4, -0.2) is 25.7 Å². The molecule has 0 saturated heterocycles. The third-order valence-corrected chi connectivity index (χ3v) is 4.45. The summed E-state index contributed by atoms with van der Waals surface area (Å²) in [6, 6.07) is 14.9. The number of H-pyrrole nitrogens is 1. The molecule has 0 radical (unpaired) electrons. The molecule has 0 aliphatic rings. The van der Waals surface area contributed by atoms with Crippen molar-refractivity contribution in [1.29, 1.82) is 0 Å².